The second kappa shape index (κ2) is 5.71. The minimum Gasteiger partial charge on any atom is -0.463 e. The first-order chi connectivity index (χ1) is 8.28. The zero-order valence-corrected chi connectivity index (χ0v) is 10.3. The molecule has 0 spiro atoms. The van der Waals surface area contributed by atoms with Gasteiger partial charge in [0, 0.05) is 0 Å². The number of ether oxygens (including phenoxy) is 1. The highest BCUT2D eigenvalue weighted by Gasteiger charge is 2.20. The number of nitrogens with zero attached hydrogens (tertiary/aromatic N) is 1. The maximum atomic E-state index is 5.52. The van der Waals surface area contributed by atoms with E-state index in [1.807, 2.05) is 0 Å². The molecule has 0 aliphatic carbocycles. The summed E-state index contributed by atoms with van der Waals surface area (Å²) in [7, 11) is 0. The average molecular weight is 232 g/mol. The van der Waals surface area contributed by atoms with Gasteiger partial charge in [-0.3, -0.25) is 0 Å². The molecule has 1 aliphatic heterocycles. The van der Waals surface area contributed by atoms with Crippen molar-refractivity contribution in [3.8, 4) is 0 Å². The monoisotopic (exact) mass is 232 g/mol. The van der Waals surface area contributed by atoms with Crippen molar-refractivity contribution < 1.29 is 4.74 Å². The maximum absolute atomic E-state index is 5.52. The molecule has 0 aromatic heterocycles. The van der Waals surface area contributed by atoms with Gasteiger partial charge < -0.3 is 10.5 Å². The molecule has 0 saturated heterocycles. The van der Waals surface area contributed by atoms with Crippen LogP contribution in [0.1, 0.15) is 25.3 Å². The van der Waals surface area contributed by atoms with Gasteiger partial charge >= 0.3 is 0 Å². The van der Waals surface area contributed by atoms with Crippen molar-refractivity contribution in [2.75, 3.05) is 6.61 Å². The minimum atomic E-state index is 0.253. The molecule has 2 unspecified atom stereocenters. The van der Waals surface area contributed by atoms with Gasteiger partial charge in [-0.25, -0.2) is 4.99 Å². The van der Waals surface area contributed by atoms with E-state index in [9.17, 15) is 0 Å². The fraction of sp³-hybridized carbons (Fsp3) is 0.500. The molecule has 2 rings (SSSR count). The van der Waals surface area contributed by atoms with Crippen molar-refractivity contribution in [2.24, 2.45) is 16.6 Å². The van der Waals surface area contributed by atoms with Gasteiger partial charge in [0.05, 0.1) is 6.04 Å². The van der Waals surface area contributed by atoms with Crippen LogP contribution in [0.15, 0.2) is 35.3 Å². The molecule has 3 heteroatoms. The topological polar surface area (TPSA) is 47.6 Å². The molecule has 2 N–H and O–H groups in total. The standard InChI is InChI=1S/C14H20N2O/c1-2-11(8-12-6-4-3-5-7-12)9-13-10-17-14(15)16-13/h3-7,11,13H,2,8-10H2,1H3,(H2,15,16). The second-order valence-corrected chi connectivity index (χ2v) is 4.63. The summed E-state index contributed by atoms with van der Waals surface area (Å²) in [6.07, 6.45) is 3.34. The third-order valence-electron chi connectivity index (χ3n) is 3.28. The molecule has 2 atom stereocenters. The minimum absolute atomic E-state index is 0.253. The first-order valence-electron chi connectivity index (χ1n) is 6.28. The molecule has 17 heavy (non-hydrogen) atoms. The van der Waals surface area contributed by atoms with Crippen LogP contribution < -0.4 is 5.73 Å². The van der Waals surface area contributed by atoms with Crippen molar-refractivity contribution in [3.63, 3.8) is 0 Å². The average Bonchev–Trinajstić information content (AvgIpc) is 2.75. The van der Waals surface area contributed by atoms with Crippen LogP contribution >= 0.6 is 0 Å². The molecule has 1 aliphatic rings. The van der Waals surface area contributed by atoms with Crippen LogP contribution in [-0.2, 0) is 11.2 Å². The number of hydrogen-bond acceptors (Lipinski definition) is 3. The molecule has 0 fully saturated rings. The van der Waals surface area contributed by atoms with Crippen LogP contribution in [0, 0.1) is 5.92 Å². The van der Waals surface area contributed by atoms with E-state index < -0.39 is 0 Å². The molecule has 1 heterocycles. The predicted molar refractivity (Wildman–Crippen MR) is 69.9 cm³/mol. The van der Waals surface area contributed by atoms with E-state index in [-0.39, 0.29) is 6.04 Å². The summed E-state index contributed by atoms with van der Waals surface area (Å²) in [4.78, 5) is 4.29. The van der Waals surface area contributed by atoms with Crippen molar-refractivity contribution in [1.29, 1.82) is 0 Å². The lowest BCUT2D eigenvalue weighted by molar-refractivity contribution is 0.288. The van der Waals surface area contributed by atoms with Gasteiger partial charge in [0.15, 0.2) is 0 Å². The molecule has 0 amide bonds. The quantitative estimate of drug-likeness (QED) is 0.847. The van der Waals surface area contributed by atoms with Gasteiger partial charge in [-0.2, -0.15) is 0 Å². The summed E-state index contributed by atoms with van der Waals surface area (Å²) < 4.78 is 5.19. The summed E-state index contributed by atoms with van der Waals surface area (Å²) in [6, 6.07) is 11.2. The molecular weight excluding hydrogens is 212 g/mol. The van der Waals surface area contributed by atoms with E-state index in [1.165, 1.54) is 12.0 Å². The Kier molecular flexibility index (Phi) is 4.02. The summed E-state index contributed by atoms with van der Waals surface area (Å²) in [5, 5.41) is 0. The van der Waals surface area contributed by atoms with E-state index in [0.717, 1.165) is 12.8 Å². The first-order valence-corrected chi connectivity index (χ1v) is 6.28. The molecule has 0 bridgehead atoms. The predicted octanol–water partition coefficient (Wildman–Crippen LogP) is 2.36. The van der Waals surface area contributed by atoms with Gasteiger partial charge in [0.25, 0.3) is 6.02 Å². The third-order valence-corrected chi connectivity index (χ3v) is 3.28. The van der Waals surface area contributed by atoms with Gasteiger partial charge in [-0.15, -0.1) is 0 Å². The highest BCUT2D eigenvalue weighted by Crippen LogP contribution is 2.20. The molecule has 1 aromatic rings. The van der Waals surface area contributed by atoms with Crippen molar-refractivity contribution in [2.45, 2.75) is 32.2 Å². The Hall–Kier alpha value is -1.51. The van der Waals surface area contributed by atoms with E-state index in [2.05, 4.69) is 42.2 Å². The zero-order chi connectivity index (χ0) is 12.1. The lowest BCUT2D eigenvalue weighted by Crippen LogP contribution is -2.15. The van der Waals surface area contributed by atoms with Crippen LogP contribution in [0.4, 0.5) is 0 Å². The Morgan fingerprint density at radius 2 is 2.18 bits per heavy atom. The summed E-state index contributed by atoms with van der Waals surface area (Å²) in [5.74, 6) is 0.653. The Labute approximate surface area is 103 Å². The number of benzene rings is 1. The van der Waals surface area contributed by atoms with E-state index in [0.29, 0.717) is 18.5 Å². The number of nitrogens with two attached hydrogens (primary N) is 1. The van der Waals surface area contributed by atoms with E-state index in [4.69, 9.17) is 10.5 Å². The second-order valence-electron chi connectivity index (χ2n) is 4.63. The Morgan fingerprint density at radius 3 is 2.76 bits per heavy atom. The Balaban J connectivity index is 1.89. The lowest BCUT2D eigenvalue weighted by atomic mass is 9.91. The molecule has 0 radical (unpaired) electrons. The lowest BCUT2D eigenvalue weighted by Gasteiger charge is -2.16. The van der Waals surface area contributed by atoms with Gasteiger partial charge in [0.2, 0.25) is 0 Å². The Morgan fingerprint density at radius 1 is 1.41 bits per heavy atom. The van der Waals surface area contributed by atoms with Crippen molar-refractivity contribution >= 4 is 6.02 Å². The van der Waals surface area contributed by atoms with Crippen molar-refractivity contribution in [3.05, 3.63) is 35.9 Å². The molecule has 1 aromatic carbocycles. The number of amidine groups is 1. The normalized spacial score (nSPS) is 20.8. The van der Waals surface area contributed by atoms with E-state index in [1.54, 1.807) is 0 Å². The van der Waals surface area contributed by atoms with E-state index >= 15 is 0 Å². The number of aliphatic imine (C=N–C) groups is 1. The third kappa shape index (κ3) is 3.48. The highest BCUT2D eigenvalue weighted by molar-refractivity contribution is 5.72. The molecule has 92 valence electrons. The molecular formula is C14H20N2O. The molecule has 3 nitrogen and oxygen atoms in total. The fourth-order valence-electron chi connectivity index (χ4n) is 2.28. The van der Waals surface area contributed by atoms with Crippen molar-refractivity contribution in [1.82, 2.24) is 0 Å². The summed E-state index contributed by atoms with van der Waals surface area (Å²) >= 11 is 0. The first kappa shape index (κ1) is 12.0. The molecule has 0 saturated carbocycles. The maximum Gasteiger partial charge on any atom is 0.282 e. The van der Waals surface area contributed by atoms with Gasteiger partial charge in [-0.05, 0) is 24.3 Å². The van der Waals surface area contributed by atoms with Gasteiger partial charge in [0.1, 0.15) is 6.61 Å². The smallest absolute Gasteiger partial charge is 0.282 e. The Bertz CT molecular complexity index is 375. The van der Waals surface area contributed by atoms with Crippen LogP contribution in [0.25, 0.3) is 0 Å². The SMILES string of the molecule is CCC(Cc1ccccc1)CC1COC(N)=N1. The summed E-state index contributed by atoms with van der Waals surface area (Å²) in [6.45, 7) is 2.88. The zero-order valence-electron chi connectivity index (χ0n) is 10.3. The number of rotatable bonds is 5. The summed E-state index contributed by atoms with van der Waals surface area (Å²) in [5.41, 5.74) is 6.92. The van der Waals surface area contributed by atoms with Crippen LogP contribution in [-0.4, -0.2) is 18.7 Å². The van der Waals surface area contributed by atoms with Crippen LogP contribution in [0.3, 0.4) is 0 Å². The van der Waals surface area contributed by atoms with Crippen LogP contribution in [0.5, 0.6) is 0 Å². The fourth-order valence-corrected chi connectivity index (χ4v) is 2.28. The number of hydrogen-bond donors (Lipinski definition) is 1. The van der Waals surface area contributed by atoms with Crippen LogP contribution in [0.2, 0.25) is 0 Å². The largest absolute Gasteiger partial charge is 0.463 e. The highest BCUT2D eigenvalue weighted by atomic mass is 16.5. The van der Waals surface area contributed by atoms with Gasteiger partial charge in [-0.1, -0.05) is 43.7 Å².